The van der Waals surface area contributed by atoms with Crippen LogP contribution in [-0.4, -0.2) is 53.3 Å². The number of hydrogen-bond donors (Lipinski definition) is 4. The maximum Gasteiger partial charge on any atom is 0.508 e. The summed E-state index contributed by atoms with van der Waals surface area (Å²) < 4.78 is 33.9. The van der Waals surface area contributed by atoms with Crippen molar-refractivity contribution in [1.82, 2.24) is 19.6 Å². The molecule has 20 nitrogen and oxygen atoms in total. The van der Waals surface area contributed by atoms with Crippen molar-refractivity contribution in [2.45, 2.75) is 18.7 Å². The van der Waals surface area contributed by atoms with Crippen molar-refractivity contribution < 1.29 is 55.6 Å². The van der Waals surface area contributed by atoms with Crippen LogP contribution in [0.2, 0.25) is 0 Å². The van der Waals surface area contributed by atoms with Gasteiger partial charge in [0.2, 0.25) is 0 Å². The second-order valence-electron chi connectivity index (χ2n) is 11.6. The molecule has 0 unspecified atom stereocenters. The Morgan fingerprint density at radius 1 is 0.860 bits per heavy atom. The average Bonchev–Trinajstić information content (AvgIpc) is 3.62. The summed E-state index contributed by atoms with van der Waals surface area (Å²) in [4.78, 5) is 44.5. The standard InChI is InChI=1S/C19H16N6O5.C16H14N4O5S.Cr/c1-3-17(27)20-12-4-6-13(7-5-12)24-19(28)18(11(2)23-24)22-21-15-10-14(25(29)30)8-9-16(15)26;1-10-15(16(22)20(19-10)11-5-3-2-4-6-11)18-17-13-9-12(26(23,24)25)7-8-14(13)21;/h3-10,23,26H,1H2,2H3,(H,20,27);2-9,19,21H,1H3,(H,23,24,25);/p+2. The number of primary amides is 1. The molecular weight excluding hydrogens is 805 g/mol. The number of nitro benzene ring substituents is 1. The van der Waals surface area contributed by atoms with Crippen LogP contribution in [0.1, 0.15) is 11.4 Å². The van der Waals surface area contributed by atoms with Gasteiger partial charge in [-0.3, -0.25) is 34.5 Å². The van der Waals surface area contributed by atoms with Crippen molar-refractivity contribution in [1.29, 1.82) is 0 Å². The number of nitrogens with zero attached hydrogens (tertiary/aromatic N) is 7. The molecule has 0 atom stereocenters. The Balaban J connectivity index is 0.000000251. The van der Waals surface area contributed by atoms with E-state index >= 15 is 0 Å². The van der Waals surface area contributed by atoms with E-state index < -0.39 is 36.8 Å². The number of H-pyrrole nitrogens is 2. The molecule has 0 aliphatic heterocycles. The summed E-state index contributed by atoms with van der Waals surface area (Å²) in [7, 11) is -4.49. The van der Waals surface area contributed by atoms with Crippen molar-refractivity contribution >= 4 is 50.1 Å². The van der Waals surface area contributed by atoms with E-state index in [2.05, 4.69) is 37.2 Å². The summed E-state index contributed by atoms with van der Waals surface area (Å²) in [5.41, 5.74) is 1.22. The SMILES string of the molecule is C=CC(=[OH+])[NH2+]c1ccc(-n2[nH]c(C)c(N=Nc3cc([N+](=O)[O-])ccc3[OH2+])c2=O)cc1.Cc1[nH]n(-c2ccccc2)c(=O)c1N=Nc1cc(S(=O)(=O)O)ccc1[O-].[Cr]. The van der Waals surface area contributed by atoms with Crippen LogP contribution in [0.5, 0.6) is 11.5 Å². The number of carbonyl (C=O) groups excluding carboxylic acids is 1. The minimum absolute atomic E-state index is 0. The number of nitrogens with one attached hydrogen (secondary N) is 2. The Kier molecular flexibility index (Phi) is 13.5. The quantitative estimate of drug-likeness (QED) is 0.0292. The number of aryl methyl sites for hydroxylation is 2. The van der Waals surface area contributed by atoms with Crippen LogP contribution in [0.4, 0.5) is 34.1 Å². The van der Waals surface area contributed by atoms with E-state index in [9.17, 15) is 38.0 Å². The summed E-state index contributed by atoms with van der Waals surface area (Å²) in [6.45, 7) is 6.72. The Morgan fingerprint density at radius 2 is 1.40 bits per heavy atom. The smallest absolute Gasteiger partial charge is 0.508 e. The number of rotatable bonds is 10. The Morgan fingerprint density at radius 3 is 1.93 bits per heavy atom. The second-order valence-corrected chi connectivity index (χ2v) is 13.0. The Labute approximate surface area is 332 Å². The van der Waals surface area contributed by atoms with Gasteiger partial charge in [-0.15, -0.1) is 15.3 Å². The summed E-state index contributed by atoms with van der Waals surface area (Å²) in [6, 6.07) is 22.0. The fourth-order valence-corrected chi connectivity index (χ4v) is 5.36. The molecule has 0 saturated heterocycles. The maximum atomic E-state index is 12.7. The van der Waals surface area contributed by atoms with E-state index in [1.165, 1.54) is 32.9 Å². The molecule has 292 valence electrons. The monoisotopic (exact) mass is 836 g/mol. The molecule has 2 aromatic heterocycles. The number of nitro groups is 1. The fraction of sp³-hybridized carbons (Fsp3) is 0.0571. The molecule has 0 radical (unpaired) electrons. The van der Waals surface area contributed by atoms with E-state index in [0.717, 1.165) is 30.0 Å². The maximum absolute atomic E-state index is 12.7. The molecule has 0 saturated carbocycles. The molecule has 1 amide bonds. The van der Waals surface area contributed by atoms with Crippen molar-refractivity contribution in [2.24, 2.45) is 20.5 Å². The minimum atomic E-state index is -4.49. The van der Waals surface area contributed by atoms with Gasteiger partial charge in [0.25, 0.3) is 32.7 Å². The fourth-order valence-electron chi connectivity index (χ4n) is 4.86. The van der Waals surface area contributed by atoms with Crippen LogP contribution < -0.4 is 21.5 Å². The first-order valence-corrected chi connectivity index (χ1v) is 17.5. The first-order chi connectivity index (χ1) is 26.6. The van der Waals surface area contributed by atoms with Crippen LogP contribution in [0, 0.1) is 24.0 Å². The van der Waals surface area contributed by atoms with Crippen molar-refractivity contribution in [3.63, 3.8) is 0 Å². The third-order valence-electron chi connectivity index (χ3n) is 7.71. The zero-order valence-corrected chi connectivity index (χ0v) is 31.8. The van der Waals surface area contributed by atoms with Crippen LogP contribution in [-0.2, 0) is 27.5 Å². The third-order valence-corrected chi connectivity index (χ3v) is 8.56. The van der Waals surface area contributed by atoms with Gasteiger partial charge in [0, 0.05) is 41.6 Å². The number of hydrogen-bond acceptors (Lipinski definition) is 11. The molecule has 4 aromatic carbocycles. The molecule has 22 heteroatoms. The summed E-state index contributed by atoms with van der Waals surface area (Å²) in [5, 5.41) is 53.0. The average molecular weight is 837 g/mol. The predicted molar refractivity (Wildman–Crippen MR) is 201 cm³/mol. The molecule has 6 aromatic rings. The number of azo groups is 2. The topological polar surface area (TPSA) is 306 Å². The Hall–Kier alpha value is -7.09. The van der Waals surface area contributed by atoms with E-state index in [1.807, 2.05) is 6.07 Å². The molecule has 0 aliphatic carbocycles. The van der Waals surface area contributed by atoms with Gasteiger partial charge >= 0.3 is 5.91 Å². The summed E-state index contributed by atoms with van der Waals surface area (Å²) >= 11 is 0. The molecular formula is C35H32CrN10O10S+2. The van der Waals surface area contributed by atoms with Crippen LogP contribution in [0.3, 0.4) is 0 Å². The largest absolute Gasteiger partial charge is 0.871 e. The third kappa shape index (κ3) is 10.2. The normalized spacial score (nSPS) is 11.2. The van der Waals surface area contributed by atoms with Crippen molar-refractivity contribution in [3.8, 4) is 22.9 Å². The first kappa shape index (κ1) is 42.7. The summed E-state index contributed by atoms with van der Waals surface area (Å²) in [6.07, 6.45) is 1.31. The van der Waals surface area contributed by atoms with Gasteiger partial charge in [-0.25, -0.2) is 14.2 Å². The van der Waals surface area contributed by atoms with Crippen molar-refractivity contribution in [3.05, 3.63) is 146 Å². The number of aromatic nitrogens is 4. The van der Waals surface area contributed by atoms with Gasteiger partial charge in [0.1, 0.15) is 5.69 Å². The first-order valence-electron chi connectivity index (χ1n) is 16.0. The van der Waals surface area contributed by atoms with Gasteiger partial charge in [0.05, 0.1) is 50.4 Å². The number of para-hydroxylation sites is 1. The van der Waals surface area contributed by atoms with Gasteiger partial charge < -0.3 is 10.2 Å². The second kappa shape index (κ2) is 18.0. The Bertz CT molecular complexity index is 2760. The van der Waals surface area contributed by atoms with Gasteiger partial charge in [0.15, 0.2) is 17.1 Å². The number of non-ortho nitro benzene ring substituents is 1. The van der Waals surface area contributed by atoms with Crippen LogP contribution in [0.15, 0.2) is 139 Å². The van der Waals surface area contributed by atoms with Crippen LogP contribution in [0.25, 0.3) is 11.4 Å². The van der Waals surface area contributed by atoms with E-state index in [1.54, 1.807) is 62.4 Å². The van der Waals surface area contributed by atoms with Crippen molar-refractivity contribution in [2.75, 3.05) is 0 Å². The number of benzene rings is 4. The number of aromatic amines is 2. The zero-order valence-electron chi connectivity index (χ0n) is 29.7. The van der Waals surface area contributed by atoms with Gasteiger partial charge in [-0.05, 0) is 50.2 Å². The minimum Gasteiger partial charge on any atom is -0.871 e. The predicted octanol–water partition coefficient (Wildman–Crippen LogP) is 4.33. The number of amides is 1. The molecule has 6 rings (SSSR count). The zero-order chi connectivity index (χ0) is 40.7. The van der Waals surface area contributed by atoms with E-state index in [4.69, 9.17) is 9.66 Å². The molecule has 0 fully saturated rings. The van der Waals surface area contributed by atoms with E-state index in [0.29, 0.717) is 22.8 Å². The molecule has 0 spiro atoms. The molecule has 0 bridgehead atoms. The summed E-state index contributed by atoms with van der Waals surface area (Å²) in [5.74, 6) is -0.629. The number of nitrogens with two attached hydrogens (primary N) is 1. The molecule has 2 heterocycles. The molecule has 8 N–H and O–H groups in total. The molecule has 57 heavy (non-hydrogen) atoms. The van der Waals surface area contributed by atoms with Crippen LogP contribution >= 0.6 is 0 Å². The molecule has 0 aliphatic rings. The van der Waals surface area contributed by atoms with E-state index in [-0.39, 0.29) is 57.5 Å². The number of quaternary nitrogens is 1. The van der Waals surface area contributed by atoms with Gasteiger partial charge in [-0.1, -0.05) is 36.6 Å². The van der Waals surface area contributed by atoms with Gasteiger partial charge in [-0.2, -0.15) is 18.8 Å².